The average Bonchev–Trinajstić information content (AvgIpc) is 3.55. The standard InChI is InChI=1S/C35H45N3O4S/c1-5-6-7-8-11-25-15-17-29(18-16-25)43(40,41)33-31-20-19-30(38(31)34(39)42-35(2,3)4)32(33)37-23-26-12-9-13-27(22-26)28-14-10-21-36-24-28/h9-10,12-18,21-22,24,30-33,37H,5-8,11,19-20,23H2,1-4H3/t30-,31+,32-,33-/m0/s1. The fourth-order valence-electron chi connectivity index (χ4n) is 6.63. The van der Waals surface area contributed by atoms with Crippen LogP contribution >= 0.6 is 0 Å². The van der Waals surface area contributed by atoms with E-state index in [1.54, 1.807) is 23.2 Å². The number of pyridine rings is 1. The Hall–Kier alpha value is -3.23. The Morgan fingerprint density at radius 2 is 1.70 bits per heavy atom. The predicted molar refractivity (Wildman–Crippen MR) is 170 cm³/mol. The maximum Gasteiger partial charge on any atom is 0.410 e. The summed E-state index contributed by atoms with van der Waals surface area (Å²) in [5.41, 5.74) is 3.60. The Labute approximate surface area is 257 Å². The molecular weight excluding hydrogens is 558 g/mol. The number of amides is 1. The second-order valence-electron chi connectivity index (χ2n) is 12.9. The highest BCUT2D eigenvalue weighted by Crippen LogP contribution is 2.44. The molecule has 0 radical (unpaired) electrons. The number of sulfone groups is 1. The van der Waals surface area contributed by atoms with Crippen LogP contribution in [0.1, 0.15) is 77.3 Å². The molecule has 2 aliphatic heterocycles. The molecule has 0 aliphatic carbocycles. The second kappa shape index (κ2) is 13.2. The van der Waals surface area contributed by atoms with E-state index in [-0.39, 0.29) is 6.04 Å². The molecule has 2 aliphatic rings. The molecule has 3 aromatic rings. The van der Waals surface area contributed by atoms with Crippen molar-refractivity contribution in [3.05, 3.63) is 84.2 Å². The summed E-state index contributed by atoms with van der Waals surface area (Å²) in [4.78, 5) is 19.7. The normalized spacial score (nSPS) is 21.7. The van der Waals surface area contributed by atoms with Gasteiger partial charge in [-0.25, -0.2) is 13.2 Å². The molecule has 4 atom stereocenters. The van der Waals surface area contributed by atoms with Gasteiger partial charge in [0.25, 0.3) is 0 Å². The van der Waals surface area contributed by atoms with Gasteiger partial charge in [-0.15, -0.1) is 0 Å². The Morgan fingerprint density at radius 3 is 2.40 bits per heavy atom. The summed E-state index contributed by atoms with van der Waals surface area (Å²) in [5, 5.41) is 2.82. The first-order valence-electron chi connectivity index (χ1n) is 15.7. The van der Waals surface area contributed by atoms with E-state index in [9.17, 15) is 13.2 Å². The lowest BCUT2D eigenvalue weighted by molar-refractivity contribution is 0.0210. The van der Waals surface area contributed by atoms with Gasteiger partial charge in [0.05, 0.1) is 17.0 Å². The Bertz CT molecular complexity index is 1490. The van der Waals surface area contributed by atoms with Gasteiger partial charge in [0, 0.05) is 25.0 Å². The van der Waals surface area contributed by atoms with Gasteiger partial charge in [-0.2, -0.15) is 0 Å². The minimum Gasteiger partial charge on any atom is -0.444 e. The number of hydrogen-bond acceptors (Lipinski definition) is 6. The van der Waals surface area contributed by atoms with E-state index in [2.05, 4.69) is 23.3 Å². The van der Waals surface area contributed by atoms with Crippen LogP contribution in [0.3, 0.4) is 0 Å². The third-order valence-corrected chi connectivity index (χ3v) is 10.9. The lowest BCUT2D eigenvalue weighted by atomic mass is 9.94. The predicted octanol–water partition coefficient (Wildman–Crippen LogP) is 6.95. The minimum atomic E-state index is -3.75. The van der Waals surface area contributed by atoms with Crippen molar-refractivity contribution in [1.29, 1.82) is 0 Å². The quantitative estimate of drug-likeness (QED) is 0.239. The summed E-state index contributed by atoms with van der Waals surface area (Å²) in [6.07, 6.45) is 10.2. The Kier molecular flexibility index (Phi) is 9.57. The van der Waals surface area contributed by atoms with Crippen LogP contribution in [0.4, 0.5) is 4.79 Å². The average molecular weight is 604 g/mol. The van der Waals surface area contributed by atoms with Gasteiger partial charge in [0.1, 0.15) is 10.9 Å². The van der Waals surface area contributed by atoms with Crippen LogP contribution in [0.15, 0.2) is 78.0 Å². The Balaban J connectivity index is 1.40. The zero-order valence-electron chi connectivity index (χ0n) is 25.8. The number of nitrogens with one attached hydrogen (secondary N) is 1. The molecule has 7 nitrogen and oxygen atoms in total. The molecule has 1 amide bonds. The summed E-state index contributed by atoms with van der Waals surface area (Å²) in [6.45, 7) is 8.19. The summed E-state index contributed by atoms with van der Waals surface area (Å²) in [7, 11) is -3.75. The smallest absolute Gasteiger partial charge is 0.410 e. The number of carbonyl (C=O) groups excluding carboxylic acids is 1. The minimum absolute atomic E-state index is 0.265. The van der Waals surface area contributed by atoms with Crippen molar-refractivity contribution in [1.82, 2.24) is 15.2 Å². The van der Waals surface area contributed by atoms with Gasteiger partial charge in [-0.1, -0.05) is 62.6 Å². The van der Waals surface area contributed by atoms with Crippen LogP contribution in [0.25, 0.3) is 11.1 Å². The van der Waals surface area contributed by atoms with E-state index < -0.39 is 38.9 Å². The second-order valence-corrected chi connectivity index (χ2v) is 15.0. The van der Waals surface area contributed by atoms with Gasteiger partial charge in [0.15, 0.2) is 9.84 Å². The molecule has 1 N–H and O–H groups in total. The number of benzene rings is 2. The molecule has 5 rings (SSSR count). The summed E-state index contributed by atoms with van der Waals surface area (Å²) >= 11 is 0. The number of rotatable bonds is 11. The van der Waals surface area contributed by atoms with Crippen LogP contribution in [-0.2, 0) is 27.5 Å². The lowest BCUT2D eigenvalue weighted by Gasteiger charge is -2.29. The van der Waals surface area contributed by atoms with E-state index in [0.717, 1.165) is 41.5 Å². The van der Waals surface area contributed by atoms with E-state index in [1.165, 1.54) is 19.3 Å². The molecule has 2 bridgehead atoms. The van der Waals surface area contributed by atoms with Gasteiger partial charge in [-0.05, 0) is 93.0 Å². The van der Waals surface area contributed by atoms with Crippen LogP contribution in [-0.4, -0.2) is 53.4 Å². The van der Waals surface area contributed by atoms with Crippen molar-refractivity contribution in [3.8, 4) is 11.1 Å². The van der Waals surface area contributed by atoms with Gasteiger partial charge in [0.2, 0.25) is 0 Å². The van der Waals surface area contributed by atoms with E-state index in [0.29, 0.717) is 17.9 Å². The molecule has 0 unspecified atom stereocenters. The van der Waals surface area contributed by atoms with Gasteiger partial charge >= 0.3 is 6.09 Å². The number of fused-ring (bicyclic) bond motifs is 2. The van der Waals surface area contributed by atoms with E-state index in [1.807, 2.05) is 69.4 Å². The largest absolute Gasteiger partial charge is 0.444 e. The third kappa shape index (κ3) is 7.13. The molecule has 2 aromatic carbocycles. The maximum absolute atomic E-state index is 14.3. The number of nitrogens with zero attached hydrogens (tertiary/aromatic N) is 2. The Morgan fingerprint density at radius 1 is 0.953 bits per heavy atom. The number of carbonyl (C=O) groups is 1. The fraction of sp³-hybridized carbons (Fsp3) is 0.486. The van der Waals surface area contributed by atoms with Crippen molar-refractivity contribution in [2.75, 3.05) is 0 Å². The zero-order valence-corrected chi connectivity index (χ0v) is 26.6. The van der Waals surface area contributed by atoms with Crippen molar-refractivity contribution in [2.45, 2.75) is 113 Å². The maximum atomic E-state index is 14.3. The number of ether oxygens (including phenoxy) is 1. The lowest BCUT2D eigenvalue weighted by Crippen LogP contribution is -2.50. The number of hydrogen-bond donors (Lipinski definition) is 1. The molecule has 3 heterocycles. The number of aryl methyl sites for hydroxylation is 1. The first kappa shape index (κ1) is 31.2. The molecule has 8 heteroatoms. The molecule has 0 spiro atoms. The summed E-state index contributed by atoms with van der Waals surface area (Å²) in [5.74, 6) is 0. The van der Waals surface area contributed by atoms with Crippen LogP contribution in [0, 0.1) is 0 Å². The number of unbranched alkanes of at least 4 members (excludes halogenated alkanes) is 3. The van der Waals surface area contributed by atoms with Crippen molar-refractivity contribution in [3.63, 3.8) is 0 Å². The van der Waals surface area contributed by atoms with Crippen LogP contribution in [0.2, 0.25) is 0 Å². The molecule has 230 valence electrons. The molecule has 1 aromatic heterocycles. The zero-order chi connectivity index (χ0) is 30.6. The van der Waals surface area contributed by atoms with E-state index in [4.69, 9.17) is 4.74 Å². The SMILES string of the molecule is CCCCCCc1ccc(S(=O)(=O)[C@@H]2[C@@H](NCc3cccc(-c4cccnc4)c3)[C@@H]3CC[C@H]2N3C(=O)OC(C)(C)C)cc1. The van der Waals surface area contributed by atoms with Crippen LogP contribution < -0.4 is 5.32 Å². The topological polar surface area (TPSA) is 88.6 Å². The fourth-order valence-corrected chi connectivity index (χ4v) is 8.80. The first-order chi connectivity index (χ1) is 20.6. The third-order valence-electron chi connectivity index (χ3n) is 8.62. The summed E-state index contributed by atoms with van der Waals surface area (Å²) in [6, 6.07) is 18.4. The molecule has 2 saturated heterocycles. The molecule has 2 fully saturated rings. The highest BCUT2D eigenvalue weighted by molar-refractivity contribution is 7.92. The molecular formula is C35H45N3O4S. The first-order valence-corrected chi connectivity index (χ1v) is 17.2. The van der Waals surface area contributed by atoms with Gasteiger partial charge in [-0.3, -0.25) is 9.88 Å². The number of aromatic nitrogens is 1. The van der Waals surface area contributed by atoms with Crippen molar-refractivity contribution < 1.29 is 17.9 Å². The summed E-state index contributed by atoms with van der Waals surface area (Å²) < 4.78 is 34.4. The van der Waals surface area contributed by atoms with Crippen molar-refractivity contribution in [2.24, 2.45) is 0 Å². The highest BCUT2D eigenvalue weighted by Gasteiger charge is 2.60. The highest BCUT2D eigenvalue weighted by atomic mass is 32.2. The van der Waals surface area contributed by atoms with Crippen LogP contribution in [0.5, 0.6) is 0 Å². The van der Waals surface area contributed by atoms with Gasteiger partial charge < -0.3 is 10.1 Å². The van der Waals surface area contributed by atoms with Crippen molar-refractivity contribution >= 4 is 15.9 Å². The molecule has 0 saturated carbocycles. The van der Waals surface area contributed by atoms with E-state index >= 15 is 0 Å². The molecule has 43 heavy (non-hydrogen) atoms. The monoisotopic (exact) mass is 603 g/mol.